The van der Waals surface area contributed by atoms with Crippen LogP contribution in [0, 0.1) is 5.92 Å². The fraction of sp³-hybridized carbons (Fsp3) is 0.500. The van der Waals surface area contributed by atoms with Crippen LogP contribution in [-0.2, 0) is 9.53 Å². The van der Waals surface area contributed by atoms with E-state index in [4.69, 9.17) is 15.7 Å². The van der Waals surface area contributed by atoms with Gasteiger partial charge in [0.05, 0.1) is 11.8 Å². The first-order valence-electron chi connectivity index (χ1n) is 5.38. The highest BCUT2D eigenvalue weighted by Gasteiger charge is 2.14. The van der Waals surface area contributed by atoms with Crippen molar-refractivity contribution in [3.63, 3.8) is 0 Å². The molecule has 5 N–H and O–H groups in total. The maximum atomic E-state index is 11.7. The van der Waals surface area contributed by atoms with Crippen LogP contribution < -0.4 is 11.1 Å². The Hall–Kier alpha value is -2.09. The third kappa shape index (κ3) is 3.74. The first kappa shape index (κ1) is 14.0. The summed E-state index contributed by atoms with van der Waals surface area (Å²) >= 11 is 0. The minimum atomic E-state index is -0.198. The number of anilines is 1. The molecule has 0 spiro atoms. The Kier molecular flexibility index (Phi) is 5.12. The highest BCUT2D eigenvalue weighted by molar-refractivity contribution is 6.04. The lowest BCUT2D eigenvalue weighted by molar-refractivity contribution is -0.117. The Bertz CT molecular complexity index is 429. The normalized spacial score (nSPS) is 13.3. The van der Waals surface area contributed by atoms with Crippen molar-refractivity contribution in [3.05, 3.63) is 11.8 Å². The number of carbonyl (C=O) groups is 1. The monoisotopic (exact) mass is 255 g/mol. The molecule has 0 aliphatic carbocycles. The van der Waals surface area contributed by atoms with E-state index in [0.29, 0.717) is 24.4 Å². The van der Waals surface area contributed by atoms with Crippen LogP contribution in [0.4, 0.5) is 5.82 Å². The molecule has 1 unspecified atom stereocenters. The number of ether oxygens (including phenoxy) is 1. The second-order valence-corrected chi connectivity index (χ2v) is 3.96. The van der Waals surface area contributed by atoms with Gasteiger partial charge in [-0.1, -0.05) is 12.1 Å². The molecule has 0 saturated carbocycles. The number of amides is 1. The highest BCUT2D eigenvalue weighted by atomic mass is 16.5. The zero-order valence-corrected chi connectivity index (χ0v) is 10.3. The van der Waals surface area contributed by atoms with Crippen LogP contribution in [0.2, 0.25) is 0 Å². The van der Waals surface area contributed by atoms with Gasteiger partial charge in [0, 0.05) is 20.1 Å². The summed E-state index contributed by atoms with van der Waals surface area (Å²) in [5.74, 6) is 0.0879. The van der Waals surface area contributed by atoms with E-state index in [9.17, 15) is 4.79 Å². The lowest BCUT2D eigenvalue weighted by Crippen LogP contribution is -2.20. The standard InChI is InChI=1S/C10H17N5O3/c1-6(5-18-2)3-8(16)13-10-7(4-12-14-10)9(11)15-17/h4,6,17H,3,5H2,1-2H3,(H2,11,15)(H2,12,13,14,16). The number of hydrogen-bond donors (Lipinski definition) is 4. The smallest absolute Gasteiger partial charge is 0.225 e. The van der Waals surface area contributed by atoms with E-state index in [2.05, 4.69) is 20.7 Å². The molecule has 1 heterocycles. The molecule has 0 fully saturated rings. The van der Waals surface area contributed by atoms with E-state index in [1.807, 2.05) is 6.92 Å². The molecule has 0 bridgehead atoms. The molecule has 1 aromatic rings. The maximum absolute atomic E-state index is 11.7. The number of oxime groups is 1. The molecule has 0 aliphatic rings. The van der Waals surface area contributed by atoms with Gasteiger partial charge in [-0.3, -0.25) is 9.89 Å². The van der Waals surface area contributed by atoms with Crippen LogP contribution in [0.1, 0.15) is 18.9 Å². The second kappa shape index (κ2) is 6.60. The van der Waals surface area contributed by atoms with Crippen LogP contribution in [0.25, 0.3) is 0 Å². The van der Waals surface area contributed by atoms with Gasteiger partial charge in [0.1, 0.15) is 5.82 Å². The number of aromatic amines is 1. The summed E-state index contributed by atoms with van der Waals surface area (Å²) in [6.07, 6.45) is 1.67. The van der Waals surface area contributed by atoms with Crippen LogP contribution in [0.15, 0.2) is 11.4 Å². The summed E-state index contributed by atoms with van der Waals surface area (Å²) in [5, 5.41) is 20.3. The lowest BCUT2D eigenvalue weighted by atomic mass is 10.1. The number of carbonyl (C=O) groups excluding carboxylic acids is 1. The molecule has 100 valence electrons. The predicted octanol–water partition coefficient (Wildman–Crippen LogP) is 0.115. The third-order valence-corrected chi connectivity index (χ3v) is 2.27. The van der Waals surface area contributed by atoms with Gasteiger partial charge in [-0.25, -0.2) is 0 Å². The molecule has 1 aromatic heterocycles. The van der Waals surface area contributed by atoms with Crippen LogP contribution >= 0.6 is 0 Å². The quantitative estimate of drug-likeness (QED) is 0.248. The van der Waals surface area contributed by atoms with Crippen molar-refractivity contribution < 1.29 is 14.7 Å². The van der Waals surface area contributed by atoms with E-state index in [-0.39, 0.29) is 17.7 Å². The predicted molar refractivity (Wildman–Crippen MR) is 65.4 cm³/mol. The number of rotatable bonds is 6. The first-order valence-corrected chi connectivity index (χ1v) is 5.38. The largest absolute Gasteiger partial charge is 0.409 e. The van der Waals surface area contributed by atoms with Crippen LogP contribution in [0.3, 0.4) is 0 Å². The highest BCUT2D eigenvalue weighted by Crippen LogP contribution is 2.12. The minimum absolute atomic E-state index is 0.102. The molecule has 0 aromatic carbocycles. The maximum Gasteiger partial charge on any atom is 0.225 e. The van der Waals surface area contributed by atoms with Gasteiger partial charge in [0.15, 0.2) is 5.84 Å². The average molecular weight is 255 g/mol. The van der Waals surface area contributed by atoms with Crippen LogP contribution in [0.5, 0.6) is 0 Å². The first-order chi connectivity index (χ1) is 8.58. The number of nitrogens with one attached hydrogen (secondary N) is 2. The van der Waals surface area contributed by atoms with Gasteiger partial charge >= 0.3 is 0 Å². The summed E-state index contributed by atoms with van der Waals surface area (Å²) in [7, 11) is 1.58. The van der Waals surface area contributed by atoms with Gasteiger partial charge < -0.3 is 21.0 Å². The molecule has 1 atom stereocenters. The number of hydrogen-bond acceptors (Lipinski definition) is 5. The zero-order valence-electron chi connectivity index (χ0n) is 10.3. The van der Waals surface area contributed by atoms with E-state index < -0.39 is 0 Å². The van der Waals surface area contributed by atoms with E-state index in [1.54, 1.807) is 7.11 Å². The summed E-state index contributed by atoms with van der Waals surface area (Å²) < 4.78 is 4.95. The number of nitrogens with zero attached hydrogens (tertiary/aromatic N) is 2. The second-order valence-electron chi connectivity index (χ2n) is 3.96. The lowest BCUT2D eigenvalue weighted by Gasteiger charge is -2.10. The molecule has 1 amide bonds. The Morgan fingerprint density at radius 2 is 2.50 bits per heavy atom. The SMILES string of the molecule is COCC(C)CC(=O)Nc1[nH]ncc1C(N)=NO. The van der Waals surface area contributed by atoms with E-state index >= 15 is 0 Å². The number of H-pyrrole nitrogens is 1. The van der Waals surface area contributed by atoms with Crippen molar-refractivity contribution in [2.24, 2.45) is 16.8 Å². The Labute approximate surface area is 104 Å². The van der Waals surface area contributed by atoms with Crippen molar-refractivity contribution in [1.82, 2.24) is 10.2 Å². The molecule has 0 radical (unpaired) electrons. The van der Waals surface area contributed by atoms with Gasteiger partial charge in [0.25, 0.3) is 0 Å². The molecule has 8 nitrogen and oxygen atoms in total. The molecule has 18 heavy (non-hydrogen) atoms. The van der Waals surface area contributed by atoms with Crippen molar-refractivity contribution in [1.29, 1.82) is 0 Å². The molecule has 0 aliphatic heterocycles. The Balaban J connectivity index is 2.62. The fourth-order valence-corrected chi connectivity index (χ4v) is 1.48. The number of nitrogens with two attached hydrogens (primary N) is 1. The van der Waals surface area contributed by atoms with Gasteiger partial charge in [0.2, 0.25) is 5.91 Å². The fourth-order valence-electron chi connectivity index (χ4n) is 1.48. The molecular formula is C10H17N5O3. The Morgan fingerprint density at radius 1 is 1.78 bits per heavy atom. The topological polar surface area (TPSA) is 126 Å². The number of methoxy groups -OCH3 is 1. The van der Waals surface area contributed by atoms with Crippen molar-refractivity contribution in [3.8, 4) is 0 Å². The summed E-state index contributed by atoms with van der Waals surface area (Å²) in [4.78, 5) is 11.7. The van der Waals surface area contributed by atoms with Crippen molar-refractivity contribution >= 4 is 17.6 Å². The molecule has 0 saturated heterocycles. The third-order valence-electron chi connectivity index (χ3n) is 2.27. The van der Waals surface area contributed by atoms with E-state index in [1.165, 1.54) is 6.20 Å². The average Bonchev–Trinajstić information content (AvgIpc) is 2.76. The van der Waals surface area contributed by atoms with E-state index in [0.717, 1.165) is 0 Å². The van der Waals surface area contributed by atoms with Crippen molar-refractivity contribution in [2.45, 2.75) is 13.3 Å². The summed E-state index contributed by atoms with van der Waals surface area (Å²) in [6.45, 7) is 2.41. The number of amidine groups is 1. The molecule has 8 heteroatoms. The van der Waals surface area contributed by atoms with Gasteiger partial charge in [-0.15, -0.1) is 0 Å². The Morgan fingerprint density at radius 3 is 3.11 bits per heavy atom. The van der Waals surface area contributed by atoms with Gasteiger partial charge in [-0.2, -0.15) is 5.10 Å². The summed E-state index contributed by atoms with van der Waals surface area (Å²) in [6, 6.07) is 0. The van der Waals surface area contributed by atoms with Crippen LogP contribution in [-0.4, -0.2) is 40.9 Å². The van der Waals surface area contributed by atoms with Crippen molar-refractivity contribution in [2.75, 3.05) is 19.0 Å². The minimum Gasteiger partial charge on any atom is -0.409 e. The summed E-state index contributed by atoms with van der Waals surface area (Å²) in [5.41, 5.74) is 5.77. The number of aromatic nitrogens is 2. The molecular weight excluding hydrogens is 238 g/mol. The molecule has 1 rings (SSSR count). The zero-order chi connectivity index (χ0) is 13.5. The van der Waals surface area contributed by atoms with Gasteiger partial charge in [-0.05, 0) is 5.92 Å².